The van der Waals surface area contributed by atoms with E-state index in [-0.39, 0.29) is 46.3 Å². The van der Waals surface area contributed by atoms with Gasteiger partial charge in [-0.3, -0.25) is 14.3 Å². The van der Waals surface area contributed by atoms with E-state index in [2.05, 4.69) is 4.98 Å². The van der Waals surface area contributed by atoms with E-state index in [4.69, 9.17) is 21.1 Å². The van der Waals surface area contributed by atoms with Crippen LogP contribution in [0.25, 0.3) is 10.9 Å². The summed E-state index contributed by atoms with van der Waals surface area (Å²) in [7, 11) is -0.111. The van der Waals surface area contributed by atoms with Crippen LogP contribution in [0.1, 0.15) is 5.56 Å². The smallest absolute Gasteiger partial charge is 0.382 e. The quantitative estimate of drug-likeness (QED) is 0.312. The third-order valence-corrected chi connectivity index (χ3v) is 8.20. The van der Waals surface area contributed by atoms with Crippen molar-refractivity contribution in [3.63, 3.8) is 0 Å². The first-order valence-corrected chi connectivity index (χ1v) is 11.7. The number of hydrogen-bond donors (Lipinski definition) is 2. The molecule has 0 fully saturated rings. The van der Waals surface area contributed by atoms with Gasteiger partial charge >= 0.3 is 11.9 Å². The minimum Gasteiger partial charge on any atom is -0.382 e. The van der Waals surface area contributed by atoms with E-state index in [1.807, 2.05) is 0 Å². The van der Waals surface area contributed by atoms with Gasteiger partial charge in [0.15, 0.2) is 0 Å². The lowest BCUT2D eigenvalue weighted by Crippen LogP contribution is -2.34. The predicted octanol–water partition coefficient (Wildman–Crippen LogP) is 3.97. The number of aromatic nitrogens is 2. The van der Waals surface area contributed by atoms with E-state index in [9.17, 15) is 27.2 Å². The molecular weight excluding hydrogens is 488 g/mol. The van der Waals surface area contributed by atoms with Crippen molar-refractivity contribution in [1.82, 2.24) is 9.55 Å². The van der Waals surface area contributed by atoms with Gasteiger partial charge in [-0.15, -0.1) is 0 Å². The number of halogens is 5. The maximum Gasteiger partial charge on any atom is 0.416 e. The Kier molecular flexibility index (Phi) is 6.59. The van der Waals surface area contributed by atoms with E-state index in [0.717, 1.165) is 18.2 Å². The molecule has 6 nitrogen and oxygen atoms in total. The van der Waals surface area contributed by atoms with E-state index in [1.165, 1.54) is 23.8 Å². The summed E-state index contributed by atoms with van der Waals surface area (Å²) in [5.41, 5.74) is -2.56. The number of alkyl halides is 3. The molecule has 0 aliphatic carbocycles. The lowest BCUT2D eigenvalue weighted by molar-refractivity contribution is -0.137. The summed E-state index contributed by atoms with van der Waals surface area (Å²) < 4.78 is 67.0. The highest BCUT2D eigenvalue weighted by atomic mass is 35.5. The number of methoxy groups -OCH3 is 1. The predicted molar refractivity (Wildman–Crippen MR) is 117 cm³/mol. The summed E-state index contributed by atoms with van der Waals surface area (Å²) in [6, 6.07) is 5.65. The molecule has 12 heteroatoms. The molecule has 3 aromatic rings. The highest BCUT2D eigenvalue weighted by Crippen LogP contribution is 2.51. The highest BCUT2D eigenvalue weighted by molar-refractivity contribution is 8.17. The van der Waals surface area contributed by atoms with Crippen molar-refractivity contribution < 1.29 is 27.0 Å². The molecule has 0 spiro atoms. The second kappa shape index (κ2) is 9.13. The molecule has 33 heavy (non-hydrogen) atoms. The zero-order chi connectivity index (χ0) is 23.9. The molecule has 1 unspecified atom stereocenters. The van der Waals surface area contributed by atoms with Crippen LogP contribution >= 0.6 is 22.5 Å². The summed E-state index contributed by atoms with van der Waals surface area (Å²) >= 11 is 5.97. The Bertz CT molecular complexity index is 1320. The summed E-state index contributed by atoms with van der Waals surface area (Å²) in [6.07, 6.45) is -5.30. The number of nitrogens with one attached hydrogen (secondary N) is 1. The van der Waals surface area contributed by atoms with Gasteiger partial charge in [-0.2, -0.15) is 24.1 Å². The molecule has 4 rings (SSSR count). The first-order valence-electron chi connectivity index (χ1n) is 9.81. The van der Waals surface area contributed by atoms with Crippen LogP contribution in [-0.2, 0) is 22.2 Å². The molecule has 2 heterocycles. The topological polar surface area (TPSA) is 73.3 Å². The molecule has 2 atom stereocenters. The van der Waals surface area contributed by atoms with Gasteiger partial charge < -0.3 is 9.47 Å². The molecular formula is C21H19ClF4N2O4S. The third-order valence-electron chi connectivity index (χ3n) is 5.32. The molecule has 1 aliphatic heterocycles. The summed E-state index contributed by atoms with van der Waals surface area (Å²) in [5, 5.41) is -0.430. The number of benzene rings is 2. The fourth-order valence-corrected chi connectivity index (χ4v) is 6.72. The summed E-state index contributed by atoms with van der Waals surface area (Å²) in [4.78, 5) is 28.0. The van der Waals surface area contributed by atoms with Gasteiger partial charge in [0.2, 0.25) is 0 Å². The molecule has 0 saturated carbocycles. The number of H-pyrrole nitrogens is 1. The van der Waals surface area contributed by atoms with Crippen LogP contribution in [0.5, 0.6) is 0 Å². The van der Waals surface area contributed by atoms with E-state index in [0.29, 0.717) is 4.90 Å². The Labute approximate surface area is 192 Å². The van der Waals surface area contributed by atoms with Gasteiger partial charge in [-0.1, -0.05) is 11.6 Å². The number of nitrogens with zero attached hydrogens (tertiary/aromatic N) is 1. The molecule has 1 aromatic heterocycles. The van der Waals surface area contributed by atoms with E-state index in [1.54, 1.807) is 0 Å². The number of thiol groups is 1. The van der Waals surface area contributed by atoms with Gasteiger partial charge in [-0.25, -0.2) is 9.18 Å². The molecule has 0 bridgehead atoms. The number of hydrogen-bond acceptors (Lipinski definition) is 4. The zero-order valence-electron chi connectivity index (χ0n) is 17.2. The minimum atomic E-state index is -4.72. The van der Waals surface area contributed by atoms with Crippen LogP contribution < -0.4 is 11.2 Å². The summed E-state index contributed by atoms with van der Waals surface area (Å²) in [5.74, 6) is -0.437. The average molecular weight is 507 g/mol. The van der Waals surface area contributed by atoms with Crippen LogP contribution in [0.15, 0.2) is 49.7 Å². The molecule has 2 aromatic carbocycles. The SMILES string of the molecule is COCCO[C@H]1Cn2c(=O)[nH]c(=O)c3cc(C(F)(F)F)cc(c32)[SH](c2ccc(F)c(Cl)c2)C1. The van der Waals surface area contributed by atoms with Gasteiger partial charge in [0.25, 0.3) is 5.56 Å². The molecule has 0 saturated heterocycles. The van der Waals surface area contributed by atoms with Crippen molar-refractivity contribution in [3.8, 4) is 0 Å². The lowest BCUT2D eigenvalue weighted by atomic mass is 10.1. The van der Waals surface area contributed by atoms with Crippen LogP contribution in [-0.4, -0.2) is 41.7 Å². The molecule has 1 aliphatic rings. The number of aromatic amines is 1. The normalized spacial score (nSPS) is 19.6. The fraction of sp³-hybridized carbons (Fsp3) is 0.333. The van der Waals surface area contributed by atoms with Crippen LogP contribution in [0, 0.1) is 5.82 Å². The fourth-order valence-electron chi connectivity index (χ4n) is 3.82. The van der Waals surface area contributed by atoms with E-state index < -0.39 is 45.8 Å². The Balaban J connectivity index is 2.01. The van der Waals surface area contributed by atoms with Gasteiger partial charge in [0.1, 0.15) is 5.82 Å². The second-order valence-electron chi connectivity index (χ2n) is 7.45. The number of ether oxygens (including phenoxy) is 2. The Hall–Kier alpha value is -2.34. The standard InChI is InChI=1S/C21H19ClF4N2O4S/c1-31-4-5-32-12-9-28-18-14(19(29)27-20(28)30)6-11(21(24,25)26)7-17(18)33(10-12)13-2-3-16(23)15(22)8-13/h2-3,6-8,12,33H,4-5,9-10H2,1H3,(H,27,29,30)/t12-/m0/s1. The third kappa shape index (κ3) is 4.68. The minimum absolute atomic E-state index is 0.0158. The highest BCUT2D eigenvalue weighted by Gasteiger charge is 2.35. The first kappa shape index (κ1) is 23.8. The van der Waals surface area contributed by atoms with Gasteiger partial charge in [0.05, 0.1) is 47.4 Å². The zero-order valence-corrected chi connectivity index (χ0v) is 18.9. The first-order chi connectivity index (χ1) is 15.6. The molecule has 0 radical (unpaired) electrons. The second-order valence-corrected chi connectivity index (χ2v) is 10.1. The Morgan fingerprint density at radius 2 is 1.97 bits per heavy atom. The summed E-state index contributed by atoms with van der Waals surface area (Å²) in [6.45, 7) is 0.486. The van der Waals surface area contributed by atoms with Crippen molar-refractivity contribution in [2.75, 3.05) is 26.1 Å². The van der Waals surface area contributed by atoms with Gasteiger partial charge in [-0.05, 0) is 35.2 Å². The lowest BCUT2D eigenvalue weighted by Gasteiger charge is -2.26. The van der Waals surface area contributed by atoms with Crippen LogP contribution in [0.4, 0.5) is 17.6 Å². The molecule has 178 valence electrons. The van der Waals surface area contributed by atoms with Crippen molar-refractivity contribution in [3.05, 3.63) is 67.6 Å². The maximum absolute atomic E-state index is 13.8. The largest absolute Gasteiger partial charge is 0.416 e. The molecule has 0 amide bonds. The maximum atomic E-state index is 13.8. The number of rotatable bonds is 5. The monoisotopic (exact) mass is 506 g/mol. The molecule has 1 N–H and O–H groups in total. The Morgan fingerprint density at radius 3 is 2.64 bits per heavy atom. The average Bonchev–Trinajstić information content (AvgIpc) is 2.91. The van der Waals surface area contributed by atoms with Crippen LogP contribution in [0.3, 0.4) is 0 Å². The van der Waals surface area contributed by atoms with Crippen molar-refractivity contribution >= 4 is 33.4 Å². The Morgan fingerprint density at radius 1 is 1.21 bits per heavy atom. The van der Waals surface area contributed by atoms with Crippen molar-refractivity contribution in [2.24, 2.45) is 0 Å². The van der Waals surface area contributed by atoms with E-state index >= 15 is 0 Å². The van der Waals surface area contributed by atoms with Crippen LogP contribution in [0.2, 0.25) is 5.02 Å². The van der Waals surface area contributed by atoms with Gasteiger partial charge in [0, 0.05) is 17.8 Å². The van der Waals surface area contributed by atoms with Crippen molar-refractivity contribution in [1.29, 1.82) is 0 Å². The van der Waals surface area contributed by atoms with Crippen molar-refractivity contribution in [2.45, 2.75) is 28.6 Å².